The molecule has 2 atom stereocenters. The summed E-state index contributed by atoms with van der Waals surface area (Å²) < 4.78 is 24.8. The number of imide groups is 1. The number of phenolic OH excluding ortho intramolecular Hbond substituents is 1. The number of amides is 4. The number of hydrogen-bond donors (Lipinski definition) is 3. The van der Waals surface area contributed by atoms with Crippen LogP contribution in [0.4, 0.5) is 26.4 Å². The van der Waals surface area contributed by atoms with Crippen LogP contribution in [0.25, 0.3) is 22.3 Å². The Bertz CT molecular complexity index is 2460. The number of piperidine rings is 2. The summed E-state index contributed by atoms with van der Waals surface area (Å²) in [6, 6.07) is 18.1. The van der Waals surface area contributed by atoms with Gasteiger partial charge in [0.2, 0.25) is 5.91 Å². The van der Waals surface area contributed by atoms with E-state index < -0.39 is 11.7 Å². The first-order valence-corrected chi connectivity index (χ1v) is 21.1. The van der Waals surface area contributed by atoms with Gasteiger partial charge in [-0.05, 0) is 74.2 Å². The number of nitrogens with two attached hydrogens (primary N) is 1. The predicted molar refractivity (Wildman–Crippen MR) is 229 cm³/mol. The number of carbonyl (C=O) groups excluding carboxylic acids is 3. The number of anilines is 3. The van der Waals surface area contributed by atoms with Crippen molar-refractivity contribution in [3.63, 3.8) is 0 Å². The lowest BCUT2D eigenvalue weighted by Crippen LogP contribution is -2.51. The number of halogens is 1. The number of nitrogen functional groups attached to an aromatic ring is 1. The van der Waals surface area contributed by atoms with E-state index in [1.54, 1.807) is 34.2 Å². The highest BCUT2D eigenvalue weighted by molar-refractivity contribution is 6.06. The Labute approximate surface area is 353 Å². The monoisotopic (exact) mass is 830 g/mol. The minimum absolute atomic E-state index is 0.00543. The van der Waals surface area contributed by atoms with E-state index in [-0.39, 0.29) is 60.8 Å². The number of para-hydroxylation sites is 1. The molecule has 0 radical (unpaired) electrons. The molecular weight excluding hydrogens is 780 g/mol. The van der Waals surface area contributed by atoms with Crippen molar-refractivity contribution in [3.05, 3.63) is 89.7 Å². The maximum atomic E-state index is 16.4. The van der Waals surface area contributed by atoms with E-state index >= 15 is 4.39 Å². The normalized spacial score (nSPS) is 21.5. The molecule has 0 saturated carbocycles. The summed E-state index contributed by atoms with van der Waals surface area (Å²) in [7, 11) is 0. The van der Waals surface area contributed by atoms with Crippen LogP contribution in [-0.4, -0.2) is 117 Å². The highest BCUT2D eigenvalue weighted by atomic mass is 19.1. The minimum Gasteiger partial charge on any atom is -0.507 e. The number of urea groups is 1. The van der Waals surface area contributed by atoms with Crippen molar-refractivity contribution in [1.29, 1.82) is 0 Å². The van der Waals surface area contributed by atoms with Crippen LogP contribution >= 0.6 is 0 Å². The Morgan fingerprint density at radius 3 is 2.51 bits per heavy atom. The fraction of sp³-hybridized carbons (Fsp3) is 0.422. The van der Waals surface area contributed by atoms with Gasteiger partial charge in [0.15, 0.2) is 5.82 Å². The Kier molecular flexibility index (Phi) is 10.8. The van der Waals surface area contributed by atoms with E-state index in [0.29, 0.717) is 67.5 Å². The number of rotatable bonds is 8. The zero-order valence-electron chi connectivity index (χ0n) is 34.5. The summed E-state index contributed by atoms with van der Waals surface area (Å²) in [5.74, 6) is 0.0193. The number of aromatic nitrogens is 4. The fourth-order valence-corrected chi connectivity index (χ4v) is 9.30. The maximum Gasteiger partial charge on any atom is 0.328 e. The van der Waals surface area contributed by atoms with Crippen molar-refractivity contribution in [2.75, 3.05) is 68.0 Å². The average molecular weight is 831 g/mol. The number of nitrogens with one attached hydrogen (secondary N) is 1. The molecule has 0 aliphatic carbocycles. The quantitative estimate of drug-likeness (QED) is 0.173. The van der Waals surface area contributed by atoms with Crippen molar-refractivity contribution in [1.82, 2.24) is 34.9 Å². The van der Waals surface area contributed by atoms with Gasteiger partial charge < -0.3 is 34.8 Å². The number of aryl methyl sites for hydroxylation is 1. The second-order valence-electron chi connectivity index (χ2n) is 17.0. The SMILES string of the molecule is Cc1cn(C2CCN(CC3(F)CCN(C(=O)c4ccc([C@@H]5CN(c6cc(-c7ccccc7O)nnc6N)[C@H](C)CO5)cc4)CC3)CC2)c2ncc(N3CCC(=O)NC3=O)cc12. The number of phenols is 1. The summed E-state index contributed by atoms with van der Waals surface area (Å²) in [4.78, 5) is 50.1. The van der Waals surface area contributed by atoms with Gasteiger partial charge in [-0.1, -0.05) is 24.3 Å². The van der Waals surface area contributed by atoms with Gasteiger partial charge in [-0.2, -0.15) is 0 Å². The lowest BCUT2D eigenvalue weighted by atomic mass is 9.91. The summed E-state index contributed by atoms with van der Waals surface area (Å²) in [5.41, 5.74) is 10.8. The van der Waals surface area contributed by atoms with Gasteiger partial charge in [0, 0.05) is 99.9 Å². The molecule has 9 rings (SSSR count). The number of pyridine rings is 1. The average Bonchev–Trinajstić information content (AvgIpc) is 3.59. The number of hydrogen-bond acceptors (Lipinski definition) is 11. The number of benzene rings is 2. The van der Waals surface area contributed by atoms with Gasteiger partial charge in [-0.3, -0.25) is 19.8 Å². The largest absolute Gasteiger partial charge is 0.507 e. The standard InChI is InChI=1S/C45H51FN10O5/c1-28-24-56(42-35(28)21-33(23-48-42)54-18-13-40(58)49-44(54)60)32-11-16-52(17-12-32)27-45(46)14-19-53(20-15-45)43(59)31-9-7-30(8-10-31)39-25-55(29(2)26-61-39)37-22-36(50-51-41(37)47)34-5-3-4-6-38(34)57/h3-10,21-24,29,32,39,57H,11-20,25-27H2,1-2H3,(H2,47,51)(H,49,58,60)/t29-,39+/m1/s1. The second kappa shape index (κ2) is 16.4. The summed E-state index contributed by atoms with van der Waals surface area (Å²) in [6.45, 7) is 7.94. The first-order chi connectivity index (χ1) is 29.4. The van der Waals surface area contributed by atoms with Crippen molar-refractivity contribution in [2.24, 2.45) is 0 Å². The van der Waals surface area contributed by atoms with Crippen LogP contribution in [0, 0.1) is 6.92 Å². The smallest absolute Gasteiger partial charge is 0.328 e. The topological polar surface area (TPSA) is 175 Å². The first kappa shape index (κ1) is 40.3. The molecule has 2 aromatic carbocycles. The molecule has 4 fully saturated rings. The summed E-state index contributed by atoms with van der Waals surface area (Å²) in [5, 5.41) is 22.2. The van der Waals surface area contributed by atoms with Crippen LogP contribution in [0.2, 0.25) is 0 Å². The molecule has 4 aliphatic heterocycles. The van der Waals surface area contributed by atoms with Crippen LogP contribution < -0.4 is 20.9 Å². The predicted octanol–water partition coefficient (Wildman–Crippen LogP) is 5.78. The highest BCUT2D eigenvalue weighted by Gasteiger charge is 2.39. The molecule has 15 nitrogen and oxygen atoms in total. The zero-order chi connectivity index (χ0) is 42.4. The van der Waals surface area contributed by atoms with E-state index in [9.17, 15) is 19.5 Å². The van der Waals surface area contributed by atoms with Gasteiger partial charge in [-0.15, -0.1) is 10.2 Å². The molecule has 318 valence electrons. The Morgan fingerprint density at radius 1 is 1.02 bits per heavy atom. The second-order valence-corrected chi connectivity index (χ2v) is 17.0. The van der Waals surface area contributed by atoms with E-state index in [4.69, 9.17) is 15.5 Å². The van der Waals surface area contributed by atoms with E-state index in [1.165, 1.54) is 0 Å². The lowest BCUT2D eigenvalue weighted by Gasteiger charge is -2.41. The summed E-state index contributed by atoms with van der Waals surface area (Å²) >= 11 is 0. The molecule has 0 bridgehead atoms. The third-order valence-corrected chi connectivity index (χ3v) is 12.9. The summed E-state index contributed by atoms with van der Waals surface area (Å²) in [6.07, 6.45) is 6.07. The van der Waals surface area contributed by atoms with Gasteiger partial charge in [0.1, 0.15) is 23.2 Å². The Morgan fingerprint density at radius 2 is 1.77 bits per heavy atom. The first-order valence-electron chi connectivity index (χ1n) is 21.1. The van der Waals surface area contributed by atoms with Crippen LogP contribution in [-0.2, 0) is 9.53 Å². The van der Waals surface area contributed by atoms with Crippen LogP contribution in [0.1, 0.15) is 72.7 Å². The van der Waals surface area contributed by atoms with Crippen molar-refractivity contribution in [2.45, 2.75) is 69.8 Å². The van der Waals surface area contributed by atoms with Gasteiger partial charge in [0.05, 0.1) is 29.9 Å². The minimum atomic E-state index is -1.37. The number of fused-ring (bicyclic) bond motifs is 1. The number of likely N-dealkylation sites (tertiary alicyclic amines) is 2. The number of alkyl halides is 1. The molecule has 3 aromatic heterocycles. The molecular formula is C45H51FN10O5. The third-order valence-electron chi connectivity index (χ3n) is 12.9. The fourth-order valence-electron chi connectivity index (χ4n) is 9.30. The molecule has 0 unspecified atom stereocenters. The van der Waals surface area contributed by atoms with Gasteiger partial charge in [0.25, 0.3) is 5.91 Å². The lowest BCUT2D eigenvalue weighted by molar-refractivity contribution is -0.120. The Hall–Kier alpha value is -6.13. The molecule has 0 spiro atoms. The molecule has 4 N–H and O–H groups in total. The van der Waals surface area contributed by atoms with E-state index in [1.807, 2.05) is 49.4 Å². The number of morpholine rings is 1. The van der Waals surface area contributed by atoms with Crippen molar-refractivity contribution < 1.29 is 28.6 Å². The van der Waals surface area contributed by atoms with Gasteiger partial charge >= 0.3 is 6.03 Å². The Balaban J connectivity index is 0.775. The highest BCUT2D eigenvalue weighted by Crippen LogP contribution is 2.37. The van der Waals surface area contributed by atoms with Crippen molar-refractivity contribution >= 4 is 46.1 Å². The number of ether oxygens (including phenoxy) is 1. The molecule has 4 saturated heterocycles. The zero-order valence-corrected chi connectivity index (χ0v) is 34.5. The van der Waals surface area contributed by atoms with E-state index in [0.717, 1.165) is 48.1 Å². The van der Waals surface area contributed by atoms with Crippen LogP contribution in [0.15, 0.2) is 73.1 Å². The molecule has 7 heterocycles. The number of nitrogens with zero attached hydrogens (tertiary/aromatic N) is 8. The van der Waals surface area contributed by atoms with E-state index in [2.05, 4.69) is 43.0 Å². The third kappa shape index (κ3) is 8.09. The van der Waals surface area contributed by atoms with Crippen molar-refractivity contribution in [3.8, 4) is 17.0 Å². The molecule has 16 heteroatoms. The molecule has 5 aromatic rings. The molecule has 61 heavy (non-hydrogen) atoms. The number of carbonyl (C=O) groups is 3. The molecule has 4 aliphatic rings. The van der Waals surface area contributed by atoms with Gasteiger partial charge in [-0.25, -0.2) is 14.2 Å². The molecule has 4 amide bonds. The maximum absolute atomic E-state index is 16.4. The van der Waals surface area contributed by atoms with Crippen LogP contribution in [0.3, 0.4) is 0 Å². The van der Waals surface area contributed by atoms with Crippen LogP contribution in [0.5, 0.6) is 5.75 Å². The number of aromatic hydroxyl groups is 1.